The average molecular weight is 229 g/mol. The second-order valence-electron chi connectivity index (χ2n) is 3.90. The summed E-state index contributed by atoms with van der Waals surface area (Å²) in [7, 11) is 1.94. The van der Waals surface area contributed by atoms with Gasteiger partial charge in [0.2, 0.25) is 0 Å². The van der Waals surface area contributed by atoms with Gasteiger partial charge in [0.15, 0.2) is 0 Å². The van der Waals surface area contributed by atoms with Crippen molar-refractivity contribution in [2.75, 3.05) is 19.3 Å². The quantitative estimate of drug-likeness (QED) is 0.772. The van der Waals surface area contributed by atoms with E-state index in [9.17, 15) is 5.11 Å². The first-order chi connectivity index (χ1) is 6.99. The van der Waals surface area contributed by atoms with Gasteiger partial charge in [-0.2, -0.15) is 0 Å². The molecule has 0 bridgehead atoms. The van der Waals surface area contributed by atoms with E-state index in [-0.39, 0.29) is 6.10 Å². The molecule has 3 nitrogen and oxygen atoms in total. The molecular formula is C11H17ClN2O. The number of rotatable bonds is 4. The van der Waals surface area contributed by atoms with Gasteiger partial charge in [-0.3, -0.25) is 4.90 Å². The zero-order valence-corrected chi connectivity index (χ0v) is 9.83. The number of anilines is 1. The minimum atomic E-state index is -0.331. The fourth-order valence-electron chi connectivity index (χ4n) is 1.50. The lowest BCUT2D eigenvalue weighted by molar-refractivity contribution is 0.138. The summed E-state index contributed by atoms with van der Waals surface area (Å²) in [6, 6.07) is 5.49. The summed E-state index contributed by atoms with van der Waals surface area (Å²) in [6.45, 7) is 3.10. The van der Waals surface area contributed by atoms with Crippen molar-refractivity contribution in [1.29, 1.82) is 0 Å². The molecule has 1 aromatic rings. The van der Waals surface area contributed by atoms with Crippen molar-refractivity contribution in [1.82, 2.24) is 4.90 Å². The molecule has 0 amide bonds. The van der Waals surface area contributed by atoms with Crippen molar-refractivity contribution in [2.24, 2.45) is 0 Å². The summed E-state index contributed by atoms with van der Waals surface area (Å²) in [6.07, 6.45) is -0.331. The highest BCUT2D eigenvalue weighted by molar-refractivity contribution is 6.31. The number of likely N-dealkylation sites (N-methyl/N-ethyl adjacent to an activating group) is 1. The van der Waals surface area contributed by atoms with Crippen LogP contribution in [0.4, 0.5) is 5.69 Å². The second kappa shape index (κ2) is 5.35. The van der Waals surface area contributed by atoms with Crippen LogP contribution in [0.15, 0.2) is 18.2 Å². The van der Waals surface area contributed by atoms with Crippen LogP contribution < -0.4 is 5.73 Å². The molecule has 15 heavy (non-hydrogen) atoms. The number of aliphatic hydroxyl groups is 1. The van der Waals surface area contributed by atoms with E-state index in [1.807, 2.05) is 24.1 Å². The SMILES string of the molecule is CC(O)CN(C)Cc1ccc(N)cc1Cl. The molecule has 0 radical (unpaired) electrons. The number of hydrogen-bond acceptors (Lipinski definition) is 3. The van der Waals surface area contributed by atoms with Crippen LogP contribution in [-0.4, -0.2) is 29.7 Å². The van der Waals surface area contributed by atoms with E-state index >= 15 is 0 Å². The minimum absolute atomic E-state index is 0.331. The Balaban J connectivity index is 2.64. The summed E-state index contributed by atoms with van der Waals surface area (Å²) in [5, 5.41) is 9.89. The molecule has 1 unspecified atom stereocenters. The molecule has 84 valence electrons. The smallest absolute Gasteiger partial charge is 0.0639 e. The highest BCUT2D eigenvalue weighted by Gasteiger charge is 2.06. The Morgan fingerprint density at radius 1 is 1.53 bits per heavy atom. The number of nitrogens with zero attached hydrogens (tertiary/aromatic N) is 1. The first-order valence-electron chi connectivity index (χ1n) is 4.89. The fourth-order valence-corrected chi connectivity index (χ4v) is 1.75. The predicted octanol–water partition coefficient (Wildman–Crippen LogP) is 1.73. The predicted molar refractivity (Wildman–Crippen MR) is 63.9 cm³/mol. The van der Waals surface area contributed by atoms with Gasteiger partial charge < -0.3 is 10.8 Å². The lowest BCUT2D eigenvalue weighted by Gasteiger charge is -2.19. The maximum atomic E-state index is 9.22. The monoisotopic (exact) mass is 228 g/mol. The van der Waals surface area contributed by atoms with Crippen molar-refractivity contribution in [2.45, 2.75) is 19.6 Å². The van der Waals surface area contributed by atoms with Gasteiger partial charge in [0.25, 0.3) is 0 Å². The highest BCUT2D eigenvalue weighted by Crippen LogP contribution is 2.20. The van der Waals surface area contributed by atoms with Crippen LogP contribution in [-0.2, 0) is 6.54 Å². The van der Waals surface area contributed by atoms with Crippen molar-refractivity contribution < 1.29 is 5.11 Å². The second-order valence-corrected chi connectivity index (χ2v) is 4.30. The van der Waals surface area contributed by atoms with Crippen LogP contribution in [0, 0.1) is 0 Å². The molecule has 0 heterocycles. The first-order valence-corrected chi connectivity index (χ1v) is 5.27. The maximum absolute atomic E-state index is 9.22. The third-order valence-corrected chi connectivity index (χ3v) is 2.45. The molecule has 0 aromatic heterocycles. The lowest BCUT2D eigenvalue weighted by atomic mass is 10.2. The summed E-state index contributed by atoms with van der Waals surface area (Å²) in [5.74, 6) is 0. The Morgan fingerprint density at radius 3 is 2.73 bits per heavy atom. The standard InChI is InChI=1S/C11H17ClN2O/c1-8(15)6-14(2)7-9-3-4-10(13)5-11(9)12/h3-5,8,15H,6-7,13H2,1-2H3. The Labute approximate surface area is 95.5 Å². The molecule has 1 rings (SSSR count). The molecule has 3 N–H and O–H groups in total. The number of nitrogen functional groups attached to an aromatic ring is 1. The number of halogens is 1. The number of benzene rings is 1. The molecule has 0 spiro atoms. The molecular weight excluding hydrogens is 212 g/mol. The molecule has 0 saturated carbocycles. The fraction of sp³-hybridized carbons (Fsp3) is 0.455. The van der Waals surface area contributed by atoms with E-state index in [4.69, 9.17) is 17.3 Å². The van der Waals surface area contributed by atoms with Crippen molar-refractivity contribution in [3.8, 4) is 0 Å². The van der Waals surface area contributed by atoms with Gasteiger partial charge in [-0.25, -0.2) is 0 Å². The van der Waals surface area contributed by atoms with Gasteiger partial charge in [-0.15, -0.1) is 0 Å². The largest absolute Gasteiger partial charge is 0.399 e. The molecule has 0 aliphatic carbocycles. The third-order valence-electron chi connectivity index (χ3n) is 2.09. The molecule has 4 heteroatoms. The third kappa shape index (κ3) is 4.08. The number of aliphatic hydroxyl groups excluding tert-OH is 1. The minimum Gasteiger partial charge on any atom is -0.399 e. The van der Waals surface area contributed by atoms with Crippen molar-refractivity contribution >= 4 is 17.3 Å². The van der Waals surface area contributed by atoms with E-state index in [2.05, 4.69) is 0 Å². The molecule has 0 fully saturated rings. The normalized spacial score (nSPS) is 13.1. The number of nitrogens with two attached hydrogens (primary N) is 1. The van der Waals surface area contributed by atoms with Gasteiger partial charge in [-0.05, 0) is 31.7 Å². The zero-order chi connectivity index (χ0) is 11.4. The lowest BCUT2D eigenvalue weighted by Crippen LogP contribution is -2.26. The summed E-state index contributed by atoms with van der Waals surface area (Å²) in [4.78, 5) is 2.02. The van der Waals surface area contributed by atoms with E-state index in [1.165, 1.54) is 0 Å². The maximum Gasteiger partial charge on any atom is 0.0639 e. The first kappa shape index (κ1) is 12.3. The van der Waals surface area contributed by atoms with Gasteiger partial charge in [0, 0.05) is 23.8 Å². The van der Waals surface area contributed by atoms with Gasteiger partial charge in [-0.1, -0.05) is 17.7 Å². The Hall–Kier alpha value is -0.770. The molecule has 1 aromatic carbocycles. The van der Waals surface area contributed by atoms with Gasteiger partial charge >= 0.3 is 0 Å². The van der Waals surface area contributed by atoms with Crippen LogP contribution in [0.5, 0.6) is 0 Å². The Bertz CT molecular complexity index is 328. The van der Waals surface area contributed by atoms with Crippen LogP contribution in [0.3, 0.4) is 0 Å². The topological polar surface area (TPSA) is 49.5 Å². The summed E-state index contributed by atoms with van der Waals surface area (Å²) in [5.41, 5.74) is 7.29. The average Bonchev–Trinajstić information content (AvgIpc) is 2.08. The van der Waals surface area contributed by atoms with E-state index in [1.54, 1.807) is 13.0 Å². The van der Waals surface area contributed by atoms with Gasteiger partial charge in [0.05, 0.1) is 6.10 Å². The zero-order valence-electron chi connectivity index (χ0n) is 9.07. The van der Waals surface area contributed by atoms with Crippen LogP contribution >= 0.6 is 11.6 Å². The van der Waals surface area contributed by atoms with Crippen molar-refractivity contribution in [3.63, 3.8) is 0 Å². The van der Waals surface area contributed by atoms with Gasteiger partial charge in [0.1, 0.15) is 0 Å². The summed E-state index contributed by atoms with van der Waals surface area (Å²) >= 11 is 6.04. The molecule has 0 saturated heterocycles. The Kier molecular flexibility index (Phi) is 4.39. The van der Waals surface area contributed by atoms with Crippen LogP contribution in [0.2, 0.25) is 5.02 Å². The number of hydrogen-bond donors (Lipinski definition) is 2. The van der Waals surface area contributed by atoms with Crippen LogP contribution in [0.1, 0.15) is 12.5 Å². The molecule has 1 atom stereocenters. The van der Waals surface area contributed by atoms with Crippen molar-refractivity contribution in [3.05, 3.63) is 28.8 Å². The Morgan fingerprint density at radius 2 is 2.20 bits per heavy atom. The molecule has 0 aliphatic heterocycles. The van der Waals surface area contributed by atoms with Crippen LogP contribution in [0.25, 0.3) is 0 Å². The van der Waals surface area contributed by atoms with E-state index in [0.29, 0.717) is 23.8 Å². The highest BCUT2D eigenvalue weighted by atomic mass is 35.5. The summed E-state index contributed by atoms with van der Waals surface area (Å²) < 4.78 is 0. The van der Waals surface area contributed by atoms with E-state index < -0.39 is 0 Å². The van der Waals surface area contributed by atoms with E-state index in [0.717, 1.165) is 5.56 Å². The molecule has 0 aliphatic rings.